The highest BCUT2D eigenvalue weighted by Gasteiger charge is 2.17. The molecule has 0 aliphatic rings. The molecule has 1 rings (SSSR count). The summed E-state index contributed by atoms with van der Waals surface area (Å²) in [6.45, 7) is 5.34. The molecule has 0 aliphatic carbocycles. The fraction of sp³-hybridized carbons (Fsp3) is 0.500. The molecule has 1 aromatic rings. The molecule has 1 unspecified atom stereocenters. The zero-order valence-corrected chi connectivity index (χ0v) is 11.2. The maximum atomic E-state index is 14.0. The maximum absolute atomic E-state index is 14.0. The van der Waals surface area contributed by atoms with Crippen molar-refractivity contribution in [1.82, 2.24) is 5.32 Å². The first-order chi connectivity index (χ1) is 8.61. The monoisotopic (exact) mass is 249 g/mol. The number of hydrogen-bond acceptors (Lipinski definition) is 3. The van der Waals surface area contributed by atoms with Crippen LogP contribution in [0.5, 0.6) is 0 Å². The van der Waals surface area contributed by atoms with Crippen molar-refractivity contribution < 1.29 is 4.39 Å². The van der Waals surface area contributed by atoms with E-state index in [1.165, 1.54) is 6.07 Å². The second-order valence-corrected chi connectivity index (χ2v) is 4.28. The molecule has 0 spiro atoms. The van der Waals surface area contributed by atoms with Crippen LogP contribution >= 0.6 is 0 Å². The van der Waals surface area contributed by atoms with Gasteiger partial charge < -0.3 is 10.2 Å². The largest absolute Gasteiger partial charge is 0.373 e. The first kappa shape index (κ1) is 14.5. The number of rotatable bonds is 6. The molecule has 0 heterocycles. The van der Waals surface area contributed by atoms with Gasteiger partial charge in [-0.05, 0) is 25.6 Å². The Labute approximate surface area is 108 Å². The van der Waals surface area contributed by atoms with Gasteiger partial charge in [0.05, 0.1) is 12.5 Å². The minimum absolute atomic E-state index is 0.0456. The Hall–Kier alpha value is -1.60. The molecule has 1 atom stereocenters. The van der Waals surface area contributed by atoms with E-state index in [4.69, 9.17) is 5.26 Å². The molecule has 0 saturated heterocycles. The summed E-state index contributed by atoms with van der Waals surface area (Å²) in [4.78, 5) is 1.93. The number of hydrogen-bond donors (Lipinski definition) is 1. The summed E-state index contributed by atoms with van der Waals surface area (Å²) < 4.78 is 14.0. The second-order valence-electron chi connectivity index (χ2n) is 4.28. The summed E-state index contributed by atoms with van der Waals surface area (Å²) in [5.41, 5.74) is 1.51. The SMILES string of the molecule is CCNC(C)c1c(F)cccc1N(C)CCC#N. The lowest BCUT2D eigenvalue weighted by Crippen LogP contribution is -2.25. The molecule has 0 amide bonds. The lowest BCUT2D eigenvalue weighted by Gasteiger charge is -2.25. The van der Waals surface area contributed by atoms with Gasteiger partial charge in [-0.1, -0.05) is 13.0 Å². The van der Waals surface area contributed by atoms with Gasteiger partial charge in [0.25, 0.3) is 0 Å². The first-order valence-corrected chi connectivity index (χ1v) is 6.21. The second kappa shape index (κ2) is 6.97. The van der Waals surface area contributed by atoms with Crippen molar-refractivity contribution >= 4 is 5.69 Å². The van der Waals surface area contributed by atoms with Gasteiger partial charge in [0, 0.05) is 30.9 Å². The highest BCUT2D eigenvalue weighted by molar-refractivity contribution is 5.55. The van der Waals surface area contributed by atoms with Crippen LogP contribution in [0.25, 0.3) is 0 Å². The fourth-order valence-electron chi connectivity index (χ4n) is 2.03. The van der Waals surface area contributed by atoms with Crippen molar-refractivity contribution in [2.24, 2.45) is 0 Å². The predicted octanol–water partition coefficient (Wildman–Crippen LogP) is 2.85. The van der Waals surface area contributed by atoms with Crippen molar-refractivity contribution in [2.75, 3.05) is 25.0 Å². The highest BCUT2D eigenvalue weighted by atomic mass is 19.1. The number of nitrogens with one attached hydrogen (secondary N) is 1. The smallest absolute Gasteiger partial charge is 0.130 e. The van der Waals surface area contributed by atoms with Gasteiger partial charge in [0.1, 0.15) is 5.82 Å². The van der Waals surface area contributed by atoms with E-state index in [-0.39, 0.29) is 11.9 Å². The summed E-state index contributed by atoms with van der Waals surface area (Å²) in [6, 6.07) is 7.13. The minimum atomic E-state index is -0.204. The van der Waals surface area contributed by atoms with Crippen molar-refractivity contribution in [2.45, 2.75) is 26.3 Å². The molecule has 18 heavy (non-hydrogen) atoms. The van der Waals surface area contributed by atoms with E-state index in [0.717, 1.165) is 12.2 Å². The molecule has 1 N–H and O–H groups in total. The zero-order valence-electron chi connectivity index (χ0n) is 11.2. The molecule has 0 aliphatic heterocycles. The molecule has 0 aromatic heterocycles. The molecular formula is C14H20FN3. The van der Waals surface area contributed by atoms with E-state index in [2.05, 4.69) is 11.4 Å². The average Bonchev–Trinajstić information content (AvgIpc) is 2.35. The van der Waals surface area contributed by atoms with Crippen LogP contribution in [0.2, 0.25) is 0 Å². The lowest BCUT2D eigenvalue weighted by atomic mass is 10.0. The molecular weight excluding hydrogens is 229 g/mol. The summed E-state index contributed by atoms with van der Waals surface area (Å²) in [7, 11) is 1.88. The Morgan fingerprint density at radius 1 is 1.50 bits per heavy atom. The molecule has 3 nitrogen and oxygen atoms in total. The van der Waals surface area contributed by atoms with E-state index < -0.39 is 0 Å². The van der Waals surface area contributed by atoms with Crippen LogP contribution in [0.3, 0.4) is 0 Å². The summed E-state index contributed by atoms with van der Waals surface area (Å²) in [6.07, 6.45) is 0.433. The van der Waals surface area contributed by atoms with E-state index in [1.807, 2.05) is 31.9 Å². The van der Waals surface area contributed by atoms with Gasteiger partial charge >= 0.3 is 0 Å². The Morgan fingerprint density at radius 2 is 2.22 bits per heavy atom. The van der Waals surface area contributed by atoms with Gasteiger partial charge in [0.15, 0.2) is 0 Å². The maximum Gasteiger partial charge on any atom is 0.130 e. The minimum Gasteiger partial charge on any atom is -0.373 e. The summed E-state index contributed by atoms with van der Waals surface area (Å²) in [5, 5.41) is 11.8. The van der Waals surface area contributed by atoms with Gasteiger partial charge in [0.2, 0.25) is 0 Å². The quantitative estimate of drug-likeness (QED) is 0.842. The molecule has 0 radical (unpaired) electrons. The van der Waals surface area contributed by atoms with Crippen LogP contribution in [-0.4, -0.2) is 20.1 Å². The highest BCUT2D eigenvalue weighted by Crippen LogP contribution is 2.28. The van der Waals surface area contributed by atoms with Crippen LogP contribution < -0.4 is 10.2 Å². The number of nitrogens with zero attached hydrogens (tertiary/aromatic N) is 2. The van der Waals surface area contributed by atoms with E-state index in [1.54, 1.807) is 6.07 Å². The Morgan fingerprint density at radius 3 is 2.83 bits per heavy atom. The zero-order chi connectivity index (χ0) is 13.5. The summed E-state index contributed by atoms with van der Waals surface area (Å²) >= 11 is 0. The first-order valence-electron chi connectivity index (χ1n) is 6.21. The topological polar surface area (TPSA) is 39.1 Å². The van der Waals surface area contributed by atoms with Crippen molar-refractivity contribution in [3.05, 3.63) is 29.6 Å². The van der Waals surface area contributed by atoms with Crippen molar-refractivity contribution in [3.63, 3.8) is 0 Å². The number of benzene rings is 1. The van der Waals surface area contributed by atoms with Crippen LogP contribution in [0.4, 0.5) is 10.1 Å². The van der Waals surface area contributed by atoms with Crippen LogP contribution in [0.15, 0.2) is 18.2 Å². The molecule has 1 aromatic carbocycles. The van der Waals surface area contributed by atoms with Gasteiger partial charge in [-0.3, -0.25) is 0 Å². The number of nitriles is 1. The number of halogens is 1. The van der Waals surface area contributed by atoms with E-state index in [9.17, 15) is 4.39 Å². The molecule has 98 valence electrons. The molecule has 4 heteroatoms. The Kier molecular flexibility index (Phi) is 5.60. The third-order valence-electron chi connectivity index (χ3n) is 2.94. The average molecular weight is 249 g/mol. The van der Waals surface area contributed by atoms with Gasteiger partial charge in [-0.2, -0.15) is 5.26 Å². The molecule has 0 bridgehead atoms. The number of anilines is 1. The Balaban J connectivity index is 3.03. The standard InChI is InChI=1S/C14H20FN3/c1-4-17-11(2)14-12(15)7-5-8-13(14)18(3)10-6-9-16/h5,7-8,11,17H,4,6,10H2,1-3H3. The third kappa shape index (κ3) is 3.44. The fourth-order valence-corrected chi connectivity index (χ4v) is 2.03. The van der Waals surface area contributed by atoms with E-state index in [0.29, 0.717) is 18.5 Å². The van der Waals surface area contributed by atoms with Gasteiger partial charge in [-0.25, -0.2) is 4.39 Å². The molecule has 0 fully saturated rings. The van der Waals surface area contributed by atoms with Crippen molar-refractivity contribution in [1.29, 1.82) is 5.26 Å². The Bertz CT molecular complexity index is 426. The van der Waals surface area contributed by atoms with Crippen LogP contribution in [-0.2, 0) is 0 Å². The third-order valence-corrected chi connectivity index (χ3v) is 2.94. The van der Waals surface area contributed by atoms with Crippen LogP contribution in [0.1, 0.15) is 31.9 Å². The van der Waals surface area contributed by atoms with Crippen molar-refractivity contribution in [3.8, 4) is 6.07 Å². The molecule has 0 saturated carbocycles. The summed E-state index contributed by atoms with van der Waals surface area (Å²) in [5.74, 6) is -0.204. The normalized spacial score (nSPS) is 11.9. The lowest BCUT2D eigenvalue weighted by molar-refractivity contribution is 0.540. The van der Waals surface area contributed by atoms with Crippen LogP contribution in [0, 0.1) is 17.1 Å². The predicted molar refractivity (Wildman–Crippen MR) is 72.0 cm³/mol. The van der Waals surface area contributed by atoms with E-state index >= 15 is 0 Å². The van der Waals surface area contributed by atoms with Gasteiger partial charge in [-0.15, -0.1) is 0 Å².